The van der Waals surface area contributed by atoms with Crippen molar-refractivity contribution in [2.24, 2.45) is 11.1 Å². The van der Waals surface area contributed by atoms with Gasteiger partial charge in [0.15, 0.2) is 5.65 Å². The van der Waals surface area contributed by atoms with Crippen LogP contribution in [-0.4, -0.2) is 32.4 Å². The second-order valence-corrected chi connectivity index (χ2v) is 10.6. The third kappa shape index (κ3) is 3.49. The number of rotatable bonds is 3. The van der Waals surface area contributed by atoms with Gasteiger partial charge in [0.2, 0.25) is 5.95 Å². The molecule has 9 heteroatoms. The molecule has 1 aliphatic heterocycles. The fourth-order valence-electron chi connectivity index (χ4n) is 5.17. The van der Waals surface area contributed by atoms with Gasteiger partial charge in [0.25, 0.3) is 0 Å². The number of fused-ring (bicyclic) bond motifs is 2. The monoisotopic (exact) mass is 496 g/mol. The van der Waals surface area contributed by atoms with Crippen LogP contribution in [0.15, 0.2) is 64.9 Å². The summed E-state index contributed by atoms with van der Waals surface area (Å²) in [5, 5.41) is 1.08. The van der Waals surface area contributed by atoms with Gasteiger partial charge in [0, 0.05) is 54.5 Å². The molecular formula is C24H22Cl2N6S. The molecule has 1 fully saturated rings. The van der Waals surface area contributed by atoms with Gasteiger partial charge in [-0.1, -0.05) is 47.1 Å². The van der Waals surface area contributed by atoms with E-state index in [-0.39, 0.29) is 11.5 Å². The minimum Gasteiger partial charge on any atom is -0.342 e. The summed E-state index contributed by atoms with van der Waals surface area (Å²) in [6.45, 7) is 1.79. The van der Waals surface area contributed by atoms with Crippen LogP contribution in [-0.2, 0) is 6.42 Å². The molecule has 2 aliphatic rings. The van der Waals surface area contributed by atoms with Gasteiger partial charge >= 0.3 is 0 Å². The molecule has 0 saturated carbocycles. The molecule has 2 N–H and O–H groups in total. The summed E-state index contributed by atoms with van der Waals surface area (Å²) in [6, 6.07) is 9.80. The topological polar surface area (TPSA) is 72.3 Å². The lowest BCUT2D eigenvalue weighted by Crippen LogP contribution is -2.45. The van der Waals surface area contributed by atoms with Crippen molar-refractivity contribution >= 4 is 46.6 Å². The first-order valence-corrected chi connectivity index (χ1v) is 12.5. The average molecular weight is 497 g/mol. The molecule has 168 valence electrons. The number of pyridine rings is 1. The van der Waals surface area contributed by atoms with Crippen LogP contribution in [0.2, 0.25) is 10.0 Å². The third-order valence-electron chi connectivity index (χ3n) is 6.99. The minimum atomic E-state index is 0.0470. The molecule has 1 aromatic carbocycles. The van der Waals surface area contributed by atoms with Gasteiger partial charge in [0.1, 0.15) is 0 Å². The number of hydrogen-bond donors (Lipinski definition) is 1. The fraction of sp³-hybridized carbons (Fsp3) is 0.292. The van der Waals surface area contributed by atoms with E-state index in [0.29, 0.717) is 10.0 Å². The highest BCUT2D eigenvalue weighted by Crippen LogP contribution is 2.50. The highest BCUT2D eigenvalue weighted by atomic mass is 35.5. The number of nitrogens with two attached hydrogens (primary N) is 1. The number of halogens is 2. The Kier molecular flexibility index (Phi) is 5.25. The Bertz CT molecular complexity index is 1350. The van der Waals surface area contributed by atoms with Crippen LogP contribution in [0.25, 0.3) is 5.65 Å². The Morgan fingerprint density at radius 3 is 2.67 bits per heavy atom. The first-order chi connectivity index (χ1) is 16.1. The molecule has 4 heterocycles. The van der Waals surface area contributed by atoms with Gasteiger partial charge in [-0.2, -0.15) is 0 Å². The molecule has 1 aliphatic carbocycles. The number of benzene rings is 1. The fourth-order valence-corrected chi connectivity index (χ4v) is 6.57. The number of anilines is 1. The van der Waals surface area contributed by atoms with Crippen molar-refractivity contribution in [2.75, 3.05) is 18.0 Å². The van der Waals surface area contributed by atoms with E-state index in [4.69, 9.17) is 33.9 Å². The first-order valence-electron chi connectivity index (χ1n) is 10.9. The molecule has 0 amide bonds. The lowest BCUT2D eigenvalue weighted by atomic mass is 9.73. The van der Waals surface area contributed by atoms with E-state index in [1.807, 2.05) is 43.0 Å². The van der Waals surface area contributed by atoms with Crippen molar-refractivity contribution < 1.29 is 0 Å². The van der Waals surface area contributed by atoms with E-state index in [1.54, 1.807) is 6.07 Å². The van der Waals surface area contributed by atoms with E-state index in [0.717, 1.165) is 59.4 Å². The summed E-state index contributed by atoms with van der Waals surface area (Å²) in [5.41, 5.74) is 10.0. The van der Waals surface area contributed by atoms with E-state index >= 15 is 0 Å². The predicted molar refractivity (Wildman–Crippen MR) is 132 cm³/mol. The van der Waals surface area contributed by atoms with Gasteiger partial charge in [-0.3, -0.25) is 9.38 Å². The van der Waals surface area contributed by atoms with Gasteiger partial charge in [-0.05, 0) is 48.4 Å². The van der Waals surface area contributed by atoms with Gasteiger partial charge < -0.3 is 10.6 Å². The summed E-state index contributed by atoms with van der Waals surface area (Å²) in [5.74, 6) is 0.904. The van der Waals surface area contributed by atoms with Crippen LogP contribution in [0, 0.1) is 5.41 Å². The molecule has 1 spiro atoms. The van der Waals surface area contributed by atoms with Crippen molar-refractivity contribution in [3.63, 3.8) is 0 Å². The maximum absolute atomic E-state index is 6.72. The predicted octanol–water partition coefficient (Wildman–Crippen LogP) is 5.43. The molecule has 33 heavy (non-hydrogen) atoms. The van der Waals surface area contributed by atoms with Crippen LogP contribution < -0.4 is 10.6 Å². The van der Waals surface area contributed by atoms with Crippen LogP contribution in [0.5, 0.6) is 0 Å². The molecule has 6 rings (SSSR count). The largest absolute Gasteiger partial charge is 0.342 e. The number of hydrogen-bond acceptors (Lipinski definition) is 6. The van der Waals surface area contributed by atoms with Crippen molar-refractivity contribution in [3.8, 4) is 0 Å². The Labute approximate surface area is 206 Å². The summed E-state index contributed by atoms with van der Waals surface area (Å²) in [4.78, 5) is 18.2. The smallest absolute Gasteiger partial charge is 0.211 e. The standard InChI is InChI=1S/C24H22Cl2N6S/c25-16-4-1-5-18(20(16)26)33-19-14-30-23(32-12-9-29-22(19)32)31-10-6-24(7-11-31)13-17-15(21(24)27)3-2-8-28-17/h1-5,8-9,12,14,21H,6-7,10-11,13,27H2/t21-/m1/s1. The lowest BCUT2D eigenvalue weighted by molar-refractivity contribution is 0.186. The molecule has 1 saturated heterocycles. The zero-order valence-corrected chi connectivity index (χ0v) is 20.1. The summed E-state index contributed by atoms with van der Waals surface area (Å²) in [7, 11) is 0. The average Bonchev–Trinajstić information content (AvgIpc) is 3.42. The Balaban J connectivity index is 1.25. The molecular weight excluding hydrogens is 475 g/mol. The van der Waals surface area contributed by atoms with Crippen LogP contribution in [0.1, 0.15) is 30.1 Å². The first kappa shape index (κ1) is 21.2. The molecule has 6 nitrogen and oxygen atoms in total. The zero-order valence-electron chi connectivity index (χ0n) is 17.8. The zero-order chi connectivity index (χ0) is 22.6. The van der Waals surface area contributed by atoms with Crippen molar-refractivity contribution in [1.29, 1.82) is 0 Å². The number of aromatic nitrogens is 4. The highest BCUT2D eigenvalue weighted by molar-refractivity contribution is 7.99. The maximum Gasteiger partial charge on any atom is 0.211 e. The van der Waals surface area contributed by atoms with Gasteiger partial charge in [-0.15, -0.1) is 0 Å². The Morgan fingerprint density at radius 2 is 1.85 bits per heavy atom. The van der Waals surface area contributed by atoms with Crippen LogP contribution in [0.3, 0.4) is 0 Å². The summed E-state index contributed by atoms with van der Waals surface area (Å²) >= 11 is 14.1. The van der Waals surface area contributed by atoms with E-state index in [9.17, 15) is 0 Å². The number of nitrogens with zero attached hydrogens (tertiary/aromatic N) is 5. The third-order valence-corrected chi connectivity index (χ3v) is 8.99. The molecule has 0 radical (unpaired) electrons. The molecule has 0 unspecified atom stereocenters. The molecule has 3 aromatic heterocycles. The normalized spacial score (nSPS) is 19.4. The SMILES string of the molecule is N[C@@H]1c2cccnc2CC12CCN(c1ncc(Sc3cccc(Cl)c3Cl)c3nccn13)CC2. The highest BCUT2D eigenvalue weighted by Gasteiger charge is 2.46. The summed E-state index contributed by atoms with van der Waals surface area (Å²) in [6.07, 6.45) is 10.5. The van der Waals surface area contributed by atoms with E-state index < -0.39 is 0 Å². The molecule has 4 aromatic rings. The quantitative estimate of drug-likeness (QED) is 0.407. The Morgan fingerprint density at radius 1 is 1.00 bits per heavy atom. The van der Waals surface area contributed by atoms with Gasteiger partial charge in [-0.25, -0.2) is 9.97 Å². The minimum absolute atomic E-state index is 0.0470. The second-order valence-electron chi connectivity index (χ2n) is 8.74. The summed E-state index contributed by atoms with van der Waals surface area (Å²) < 4.78 is 2.06. The number of imidazole rings is 1. The Hall–Kier alpha value is -2.32. The van der Waals surface area contributed by atoms with Gasteiger partial charge in [0.05, 0.1) is 14.9 Å². The molecule has 0 bridgehead atoms. The van der Waals surface area contributed by atoms with Crippen molar-refractivity contribution in [2.45, 2.75) is 35.1 Å². The van der Waals surface area contributed by atoms with Crippen molar-refractivity contribution in [1.82, 2.24) is 19.4 Å². The van der Waals surface area contributed by atoms with Crippen molar-refractivity contribution in [3.05, 3.63) is 76.4 Å². The van der Waals surface area contributed by atoms with Crippen LogP contribution in [0.4, 0.5) is 5.95 Å². The van der Waals surface area contributed by atoms with E-state index in [1.165, 1.54) is 17.3 Å². The molecule has 1 atom stereocenters. The number of piperidine rings is 1. The maximum atomic E-state index is 6.72. The van der Waals surface area contributed by atoms with Crippen LogP contribution >= 0.6 is 35.0 Å². The van der Waals surface area contributed by atoms with E-state index in [2.05, 4.69) is 25.3 Å². The lowest BCUT2D eigenvalue weighted by Gasteiger charge is -2.42. The second kappa shape index (κ2) is 8.17.